The molecule has 1 aromatic carbocycles. The molecule has 1 amide bonds. The third kappa shape index (κ3) is 2.82. The Bertz CT molecular complexity index is 816. The monoisotopic (exact) mass is 300 g/mol. The van der Waals surface area contributed by atoms with Gasteiger partial charge in [0.05, 0.1) is 17.3 Å². The van der Waals surface area contributed by atoms with Crippen molar-refractivity contribution in [2.24, 2.45) is 0 Å². The number of carbonyl (C=O) groups excluding carboxylic acids is 1. The maximum atomic E-state index is 12.1. The van der Waals surface area contributed by atoms with E-state index in [9.17, 15) is 4.79 Å². The van der Waals surface area contributed by atoms with Crippen molar-refractivity contribution in [1.29, 1.82) is 0 Å². The normalized spacial score (nSPS) is 10.6. The number of hydrogen-bond donors (Lipinski definition) is 1. The van der Waals surface area contributed by atoms with Crippen molar-refractivity contribution in [3.05, 3.63) is 41.9 Å². The predicted octanol–water partition coefficient (Wildman–Crippen LogP) is 2.66. The second-order valence-corrected chi connectivity index (χ2v) is 5.42. The molecule has 0 unspecified atom stereocenters. The van der Waals surface area contributed by atoms with Crippen molar-refractivity contribution in [2.45, 2.75) is 6.92 Å². The first-order valence-corrected chi connectivity index (χ1v) is 7.02. The molecule has 0 saturated carbocycles. The number of amides is 1. The van der Waals surface area contributed by atoms with Gasteiger partial charge in [-0.25, -0.2) is 15.0 Å². The van der Waals surface area contributed by atoms with Gasteiger partial charge in [-0.2, -0.15) is 0 Å². The molecular formula is C14H12N4O2S. The smallest absolute Gasteiger partial charge is 0.276 e. The van der Waals surface area contributed by atoms with Crippen molar-refractivity contribution in [3.8, 4) is 5.88 Å². The minimum absolute atomic E-state index is 0.234. The van der Waals surface area contributed by atoms with Crippen molar-refractivity contribution < 1.29 is 9.53 Å². The third-order valence-corrected chi connectivity index (χ3v) is 3.78. The number of rotatable bonds is 3. The number of anilines is 1. The van der Waals surface area contributed by atoms with Crippen LogP contribution < -0.4 is 10.1 Å². The summed E-state index contributed by atoms with van der Waals surface area (Å²) in [5.41, 5.74) is 2.25. The topological polar surface area (TPSA) is 77.0 Å². The molecule has 21 heavy (non-hydrogen) atoms. The van der Waals surface area contributed by atoms with Crippen molar-refractivity contribution in [2.75, 3.05) is 12.4 Å². The molecule has 6 nitrogen and oxygen atoms in total. The molecule has 0 saturated heterocycles. The summed E-state index contributed by atoms with van der Waals surface area (Å²) < 4.78 is 6.01. The lowest BCUT2D eigenvalue weighted by molar-refractivity contribution is 0.102. The number of carbonyl (C=O) groups is 1. The highest BCUT2D eigenvalue weighted by atomic mass is 32.1. The minimum atomic E-state index is -0.341. The zero-order valence-corrected chi connectivity index (χ0v) is 12.3. The van der Waals surface area contributed by atoms with Gasteiger partial charge in [0.25, 0.3) is 5.91 Å². The zero-order valence-electron chi connectivity index (χ0n) is 11.5. The zero-order chi connectivity index (χ0) is 14.8. The summed E-state index contributed by atoms with van der Waals surface area (Å²) in [4.78, 5) is 24.3. The van der Waals surface area contributed by atoms with Crippen LogP contribution in [0.4, 0.5) is 5.13 Å². The van der Waals surface area contributed by atoms with Gasteiger partial charge in [-0.1, -0.05) is 17.4 Å². The van der Waals surface area contributed by atoms with Crippen molar-refractivity contribution in [3.63, 3.8) is 0 Å². The molecule has 106 valence electrons. The number of fused-ring (bicyclic) bond motifs is 1. The first-order valence-electron chi connectivity index (χ1n) is 6.20. The molecular weight excluding hydrogens is 288 g/mol. The molecule has 7 heteroatoms. The van der Waals surface area contributed by atoms with E-state index in [-0.39, 0.29) is 11.6 Å². The number of methoxy groups -OCH3 is 1. The van der Waals surface area contributed by atoms with Crippen LogP contribution in [0.5, 0.6) is 5.88 Å². The summed E-state index contributed by atoms with van der Waals surface area (Å²) in [6.45, 7) is 2.02. The van der Waals surface area contributed by atoms with E-state index < -0.39 is 0 Å². The van der Waals surface area contributed by atoms with Crippen LogP contribution in [0, 0.1) is 6.92 Å². The Labute approximate surface area is 124 Å². The van der Waals surface area contributed by atoms with Crippen LogP contribution in [0.2, 0.25) is 0 Å². The van der Waals surface area contributed by atoms with Gasteiger partial charge in [-0.3, -0.25) is 10.1 Å². The Hall–Kier alpha value is -2.54. The van der Waals surface area contributed by atoms with E-state index in [0.29, 0.717) is 11.0 Å². The van der Waals surface area contributed by atoms with Crippen LogP contribution in [0.15, 0.2) is 30.6 Å². The predicted molar refractivity (Wildman–Crippen MR) is 80.9 cm³/mol. The standard InChI is InChI=1S/C14H12N4O2S/c1-8-3-4-9-11(5-8)21-14(17-9)18-13(19)10-6-12(20-2)16-7-15-10/h3-7H,1-2H3,(H,17,18,19). The third-order valence-electron chi connectivity index (χ3n) is 2.85. The molecule has 0 aliphatic heterocycles. The van der Waals surface area contributed by atoms with Crippen LogP contribution >= 0.6 is 11.3 Å². The van der Waals surface area contributed by atoms with Gasteiger partial charge >= 0.3 is 0 Å². The number of thiazole rings is 1. The van der Waals surface area contributed by atoms with Gasteiger partial charge in [-0.15, -0.1) is 0 Å². The lowest BCUT2D eigenvalue weighted by atomic mass is 10.2. The Morgan fingerprint density at radius 3 is 2.95 bits per heavy atom. The summed E-state index contributed by atoms with van der Waals surface area (Å²) in [7, 11) is 1.49. The molecule has 0 fully saturated rings. The lowest BCUT2D eigenvalue weighted by Gasteiger charge is -2.02. The largest absolute Gasteiger partial charge is 0.481 e. The van der Waals surface area contributed by atoms with E-state index in [0.717, 1.165) is 15.8 Å². The van der Waals surface area contributed by atoms with E-state index in [1.807, 2.05) is 25.1 Å². The van der Waals surface area contributed by atoms with Gasteiger partial charge in [0.2, 0.25) is 5.88 Å². The quantitative estimate of drug-likeness (QED) is 0.804. The molecule has 0 aliphatic rings. The first kappa shape index (κ1) is 13.4. The fourth-order valence-corrected chi connectivity index (χ4v) is 2.78. The maximum Gasteiger partial charge on any atom is 0.276 e. The molecule has 1 N–H and O–H groups in total. The number of hydrogen-bond acceptors (Lipinski definition) is 6. The molecule has 0 spiro atoms. The highest BCUT2D eigenvalue weighted by Crippen LogP contribution is 2.26. The molecule has 0 atom stereocenters. The van der Waals surface area contributed by atoms with Gasteiger partial charge in [-0.05, 0) is 24.6 Å². The van der Waals surface area contributed by atoms with Crippen LogP contribution in [-0.4, -0.2) is 28.0 Å². The SMILES string of the molecule is COc1cc(C(=O)Nc2nc3ccc(C)cc3s2)ncn1. The minimum Gasteiger partial charge on any atom is -0.481 e. The molecule has 3 rings (SSSR count). The molecule has 3 aromatic rings. The Morgan fingerprint density at radius 1 is 1.29 bits per heavy atom. The highest BCUT2D eigenvalue weighted by Gasteiger charge is 2.12. The summed E-state index contributed by atoms with van der Waals surface area (Å²) in [5.74, 6) is 0.00144. The Balaban J connectivity index is 1.85. The highest BCUT2D eigenvalue weighted by molar-refractivity contribution is 7.22. The molecule has 2 heterocycles. The summed E-state index contributed by atoms with van der Waals surface area (Å²) >= 11 is 1.43. The Morgan fingerprint density at radius 2 is 2.14 bits per heavy atom. The van der Waals surface area contributed by atoms with Gasteiger partial charge in [0, 0.05) is 6.07 Å². The van der Waals surface area contributed by atoms with Crippen LogP contribution in [0.3, 0.4) is 0 Å². The van der Waals surface area contributed by atoms with E-state index in [2.05, 4.69) is 20.3 Å². The van der Waals surface area contributed by atoms with Crippen LogP contribution in [-0.2, 0) is 0 Å². The average molecular weight is 300 g/mol. The van der Waals surface area contributed by atoms with Crippen molar-refractivity contribution >= 4 is 32.6 Å². The number of nitrogens with zero attached hydrogens (tertiary/aromatic N) is 3. The molecule has 0 bridgehead atoms. The second kappa shape index (κ2) is 5.45. The number of aryl methyl sites for hydroxylation is 1. The van der Waals surface area contributed by atoms with Gasteiger partial charge in [0.1, 0.15) is 12.0 Å². The van der Waals surface area contributed by atoms with Crippen LogP contribution in [0.1, 0.15) is 16.1 Å². The maximum absolute atomic E-state index is 12.1. The summed E-state index contributed by atoms with van der Waals surface area (Å²) in [6, 6.07) is 7.44. The fraction of sp³-hybridized carbons (Fsp3) is 0.143. The fourth-order valence-electron chi connectivity index (χ4n) is 1.82. The van der Waals surface area contributed by atoms with Gasteiger partial charge < -0.3 is 4.74 Å². The van der Waals surface area contributed by atoms with E-state index >= 15 is 0 Å². The second-order valence-electron chi connectivity index (χ2n) is 4.39. The number of aromatic nitrogens is 3. The lowest BCUT2D eigenvalue weighted by Crippen LogP contribution is -2.13. The number of nitrogens with one attached hydrogen (secondary N) is 1. The molecule has 2 aromatic heterocycles. The van der Waals surface area contributed by atoms with E-state index in [4.69, 9.17) is 4.74 Å². The van der Waals surface area contributed by atoms with Crippen molar-refractivity contribution in [1.82, 2.24) is 15.0 Å². The first-order chi connectivity index (χ1) is 10.2. The van der Waals surface area contributed by atoms with E-state index in [1.165, 1.54) is 30.8 Å². The molecule has 0 aliphatic carbocycles. The summed E-state index contributed by atoms with van der Waals surface area (Å²) in [6.07, 6.45) is 1.29. The summed E-state index contributed by atoms with van der Waals surface area (Å²) in [5, 5.41) is 3.28. The molecule has 0 radical (unpaired) electrons. The number of ether oxygens (including phenoxy) is 1. The van der Waals surface area contributed by atoms with Crippen LogP contribution in [0.25, 0.3) is 10.2 Å². The van der Waals surface area contributed by atoms with Gasteiger partial charge in [0.15, 0.2) is 5.13 Å². The average Bonchev–Trinajstić information content (AvgIpc) is 2.88. The number of benzene rings is 1. The Kier molecular flexibility index (Phi) is 3.49. The van der Waals surface area contributed by atoms with E-state index in [1.54, 1.807) is 0 Å².